The number of fused-ring (bicyclic) bond motifs is 5. The minimum absolute atomic E-state index is 0.107. The van der Waals surface area contributed by atoms with Gasteiger partial charge in [0, 0.05) is 0 Å². The standard InChI is InChI=1S/C27H49NO6S/c1-17(6-4-11-28-12-5-13-35(32,33)34)20-7-8-21-25-22(16-24(31)27(20,21)3)26(2)10-9-19(29)14-18(26)15-23(25)30/h17-25,28-31H,4-16H2,1-3H3,(H,32,33,34)/t17-,18+,19-,20-,21+,22-,23-,24+,25-,26+,27-/m1/s1. The summed E-state index contributed by atoms with van der Waals surface area (Å²) in [6.45, 7) is 8.38. The van der Waals surface area contributed by atoms with E-state index in [0.29, 0.717) is 42.6 Å². The maximum Gasteiger partial charge on any atom is 0.264 e. The van der Waals surface area contributed by atoms with E-state index in [1.165, 1.54) is 0 Å². The van der Waals surface area contributed by atoms with Crippen LogP contribution in [-0.4, -0.2) is 65.4 Å². The van der Waals surface area contributed by atoms with E-state index in [-0.39, 0.29) is 40.8 Å². The molecule has 4 aliphatic rings. The zero-order valence-corrected chi connectivity index (χ0v) is 22.7. The van der Waals surface area contributed by atoms with Crippen LogP contribution in [0.1, 0.15) is 85.0 Å². The van der Waals surface area contributed by atoms with Gasteiger partial charge in [0.25, 0.3) is 10.1 Å². The van der Waals surface area contributed by atoms with Crippen LogP contribution in [0.3, 0.4) is 0 Å². The number of hydrogen-bond donors (Lipinski definition) is 5. The van der Waals surface area contributed by atoms with Crippen LogP contribution in [0.15, 0.2) is 0 Å². The van der Waals surface area contributed by atoms with Crippen molar-refractivity contribution in [3.8, 4) is 0 Å². The molecule has 35 heavy (non-hydrogen) atoms. The van der Waals surface area contributed by atoms with Gasteiger partial charge in [-0.15, -0.1) is 0 Å². The van der Waals surface area contributed by atoms with E-state index in [1.54, 1.807) is 0 Å². The molecule has 4 rings (SSSR count). The van der Waals surface area contributed by atoms with E-state index in [2.05, 4.69) is 26.1 Å². The van der Waals surface area contributed by atoms with Gasteiger partial charge in [-0.1, -0.05) is 20.8 Å². The lowest BCUT2D eigenvalue weighted by molar-refractivity contribution is -0.207. The lowest BCUT2D eigenvalue weighted by Crippen LogP contribution is -2.62. The van der Waals surface area contributed by atoms with Gasteiger partial charge < -0.3 is 20.6 Å². The fourth-order valence-electron chi connectivity index (χ4n) is 9.39. The Hall–Kier alpha value is -0.250. The van der Waals surface area contributed by atoms with Crippen LogP contribution in [0, 0.1) is 46.3 Å². The number of hydrogen-bond acceptors (Lipinski definition) is 6. The van der Waals surface area contributed by atoms with Crippen LogP contribution in [-0.2, 0) is 10.1 Å². The second-order valence-electron chi connectivity index (χ2n) is 13.0. The highest BCUT2D eigenvalue weighted by Gasteiger charge is 2.65. The monoisotopic (exact) mass is 515 g/mol. The first-order valence-corrected chi connectivity index (χ1v) is 15.7. The molecule has 5 N–H and O–H groups in total. The largest absolute Gasteiger partial charge is 0.393 e. The first-order chi connectivity index (χ1) is 16.4. The summed E-state index contributed by atoms with van der Waals surface area (Å²) in [7, 11) is -3.88. The highest BCUT2D eigenvalue weighted by molar-refractivity contribution is 7.85. The highest BCUT2D eigenvalue weighted by atomic mass is 32.2. The Labute approximate surface area is 212 Å². The summed E-state index contributed by atoms with van der Waals surface area (Å²) in [6, 6.07) is 0. The van der Waals surface area contributed by atoms with Gasteiger partial charge in [-0.3, -0.25) is 4.55 Å². The Morgan fingerprint density at radius 3 is 2.40 bits per heavy atom. The van der Waals surface area contributed by atoms with Crippen molar-refractivity contribution in [3.05, 3.63) is 0 Å². The van der Waals surface area contributed by atoms with Gasteiger partial charge >= 0.3 is 0 Å². The van der Waals surface area contributed by atoms with Crippen molar-refractivity contribution < 1.29 is 28.3 Å². The topological polar surface area (TPSA) is 127 Å². The summed E-state index contributed by atoms with van der Waals surface area (Å²) < 4.78 is 30.5. The zero-order chi connectivity index (χ0) is 25.6. The lowest BCUT2D eigenvalue weighted by atomic mass is 9.43. The summed E-state index contributed by atoms with van der Waals surface area (Å²) in [5.74, 6) is 1.99. The van der Waals surface area contributed by atoms with E-state index < -0.39 is 10.1 Å². The van der Waals surface area contributed by atoms with E-state index in [1.807, 2.05) is 0 Å². The maximum atomic E-state index is 11.7. The molecule has 204 valence electrons. The zero-order valence-electron chi connectivity index (χ0n) is 21.9. The quantitative estimate of drug-likeness (QED) is 0.236. The molecule has 4 fully saturated rings. The first kappa shape index (κ1) is 27.8. The van der Waals surface area contributed by atoms with Crippen LogP contribution in [0.4, 0.5) is 0 Å². The molecule has 0 saturated heterocycles. The van der Waals surface area contributed by atoms with Gasteiger partial charge in [0.05, 0.1) is 24.1 Å². The Kier molecular flexibility index (Phi) is 8.32. The molecule has 0 unspecified atom stereocenters. The van der Waals surface area contributed by atoms with Crippen LogP contribution >= 0.6 is 0 Å². The molecule has 0 radical (unpaired) electrons. The van der Waals surface area contributed by atoms with Crippen molar-refractivity contribution in [2.75, 3.05) is 18.8 Å². The summed E-state index contributed by atoms with van der Waals surface area (Å²) in [5, 5.41) is 36.6. The maximum absolute atomic E-state index is 11.7. The van der Waals surface area contributed by atoms with Gasteiger partial charge in [-0.25, -0.2) is 0 Å². The molecule has 0 heterocycles. The van der Waals surface area contributed by atoms with E-state index in [0.717, 1.165) is 64.3 Å². The lowest BCUT2D eigenvalue weighted by Gasteiger charge is -2.63. The van der Waals surface area contributed by atoms with Crippen molar-refractivity contribution in [1.29, 1.82) is 0 Å². The fraction of sp³-hybridized carbons (Fsp3) is 1.00. The second-order valence-corrected chi connectivity index (χ2v) is 14.6. The van der Waals surface area contributed by atoms with Crippen molar-refractivity contribution >= 4 is 10.1 Å². The molecule has 0 aromatic carbocycles. The summed E-state index contributed by atoms with van der Waals surface area (Å²) in [6.07, 6.45) is 7.92. The molecule has 4 saturated carbocycles. The number of aliphatic hydroxyl groups excluding tert-OH is 3. The number of aliphatic hydroxyl groups is 3. The van der Waals surface area contributed by atoms with Crippen molar-refractivity contribution in [1.82, 2.24) is 5.32 Å². The molecule has 4 aliphatic carbocycles. The average molecular weight is 516 g/mol. The molecule has 0 aliphatic heterocycles. The van der Waals surface area contributed by atoms with Gasteiger partial charge in [-0.05, 0) is 124 Å². The van der Waals surface area contributed by atoms with Crippen LogP contribution in [0.5, 0.6) is 0 Å². The molecule has 0 aromatic rings. The van der Waals surface area contributed by atoms with E-state index >= 15 is 0 Å². The van der Waals surface area contributed by atoms with E-state index in [4.69, 9.17) is 4.55 Å². The molecule has 7 nitrogen and oxygen atoms in total. The Morgan fingerprint density at radius 2 is 1.69 bits per heavy atom. The molecule has 11 atom stereocenters. The molecule has 0 aromatic heterocycles. The molecular weight excluding hydrogens is 466 g/mol. The molecule has 0 amide bonds. The predicted octanol–water partition coefficient (Wildman–Crippen LogP) is 3.23. The first-order valence-electron chi connectivity index (χ1n) is 14.1. The van der Waals surface area contributed by atoms with Crippen molar-refractivity contribution in [2.45, 2.75) is 103 Å². The average Bonchev–Trinajstić information content (AvgIpc) is 3.13. The van der Waals surface area contributed by atoms with Crippen LogP contribution in [0.25, 0.3) is 0 Å². The third-order valence-corrected chi connectivity index (χ3v) is 12.1. The second kappa shape index (κ2) is 10.5. The van der Waals surface area contributed by atoms with E-state index in [9.17, 15) is 23.7 Å². The third kappa shape index (κ3) is 5.35. The fourth-order valence-corrected chi connectivity index (χ4v) is 9.90. The van der Waals surface area contributed by atoms with Gasteiger partial charge in [0.1, 0.15) is 0 Å². The van der Waals surface area contributed by atoms with Gasteiger partial charge in [-0.2, -0.15) is 8.42 Å². The normalized spacial score (nSPS) is 46.5. The Morgan fingerprint density at radius 1 is 0.971 bits per heavy atom. The molecule has 0 bridgehead atoms. The molecule has 8 heteroatoms. The van der Waals surface area contributed by atoms with Crippen molar-refractivity contribution in [2.24, 2.45) is 46.3 Å². The number of rotatable bonds is 9. The minimum atomic E-state index is -3.88. The summed E-state index contributed by atoms with van der Waals surface area (Å²) in [5.41, 5.74) is -0.0575. The summed E-state index contributed by atoms with van der Waals surface area (Å²) in [4.78, 5) is 0. The Bertz CT molecular complexity index is 838. The van der Waals surface area contributed by atoms with Gasteiger partial charge in [0.2, 0.25) is 0 Å². The predicted molar refractivity (Wildman–Crippen MR) is 136 cm³/mol. The van der Waals surface area contributed by atoms with Crippen molar-refractivity contribution in [3.63, 3.8) is 0 Å². The third-order valence-electron chi connectivity index (χ3n) is 11.3. The molecular formula is C27H49NO6S. The Balaban J connectivity index is 1.37. The number of nitrogens with one attached hydrogen (secondary N) is 1. The highest BCUT2D eigenvalue weighted by Crippen LogP contribution is 2.68. The smallest absolute Gasteiger partial charge is 0.264 e. The SMILES string of the molecule is C[C@H](CCCNCCCS(=O)(=O)O)[C@H]1CC[C@H]2[C@H]3[C@H](O)C[C@@H]4C[C@H](O)CC[C@]4(C)[C@@H]3C[C@H](O)[C@]12C. The summed E-state index contributed by atoms with van der Waals surface area (Å²) >= 11 is 0. The van der Waals surface area contributed by atoms with Gasteiger partial charge in [0.15, 0.2) is 0 Å². The minimum Gasteiger partial charge on any atom is -0.393 e. The van der Waals surface area contributed by atoms with Crippen LogP contribution < -0.4 is 5.32 Å². The van der Waals surface area contributed by atoms with Crippen LogP contribution in [0.2, 0.25) is 0 Å². The molecule has 0 spiro atoms.